The van der Waals surface area contributed by atoms with E-state index in [-0.39, 0.29) is 18.1 Å². The van der Waals surface area contributed by atoms with Gasteiger partial charge in [-0.1, -0.05) is 28.1 Å². The molecule has 5 heteroatoms. The van der Waals surface area contributed by atoms with Crippen molar-refractivity contribution in [1.29, 1.82) is 0 Å². The summed E-state index contributed by atoms with van der Waals surface area (Å²) in [6, 6.07) is 8.15. The van der Waals surface area contributed by atoms with Crippen LogP contribution in [0, 0.1) is 0 Å². The fourth-order valence-corrected chi connectivity index (χ4v) is 3.21. The molecule has 23 heavy (non-hydrogen) atoms. The van der Waals surface area contributed by atoms with Crippen molar-refractivity contribution in [2.24, 2.45) is 0 Å². The van der Waals surface area contributed by atoms with Crippen molar-refractivity contribution < 1.29 is 9.53 Å². The van der Waals surface area contributed by atoms with E-state index in [1.54, 1.807) is 6.08 Å². The van der Waals surface area contributed by atoms with E-state index < -0.39 is 0 Å². The predicted molar refractivity (Wildman–Crippen MR) is 97.2 cm³/mol. The highest BCUT2D eigenvalue weighted by Crippen LogP contribution is 2.14. The van der Waals surface area contributed by atoms with E-state index in [4.69, 9.17) is 4.74 Å². The van der Waals surface area contributed by atoms with Crippen LogP contribution in [-0.2, 0) is 9.53 Å². The molecule has 0 radical (unpaired) electrons. The highest BCUT2D eigenvalue weighted by molar-refractivity contribution is 9.10. The van der Waals surface area contributed by atoms with Crippen LogP contribution in [0.2, 0.25) is 0 Å². The predicted octanol–water partition coefficient (Wildman–Crippen LogP) is 3.08. The van der Waals surface area contributed by atoms with Gasteiger partial charge in [-0.25, -0.2) is 0 Å². The van der Waals surface area contributed by atoms with Gasteiger partial charge in [-0.15, -0.1) is 0 Å². The van der Waals surface area contributed by atoms with Gasteiger partial charge in [0, 0.05) is 36.2 Å². The van der Waals surface area contributed by atoms with Crippen molar-refractivity contribution in [3.8, 4) is 0 Å². The van der Waals surface area contributed by atoms with Crippen molar-refractivity contribution in [3.05, 3.63) is 40.4 Å². The maximum atomic E-state index is 12.0. The SMILES string of the molecule is C[C@H](CNC(=O)/C=C/c1cccc(Br)c1)N1C[C@H](C)O[C@@H](C)C1. The number of morpholine rings is 1. The van der Waals surface area contributed by atoms with Crippen LogP contribution in [0.25, 0.3) is 6.08 Å². The zero-order valence-electron chi connectivity index (χ0n) is 14.0. The van der Waals surface area contributed by atoms with Crippen LogP contribution in [-0.4, -0.2) is 48.7 Å². The number of carbonyl (C=O) groups excluding carboxylic acids is 1. The minimum Gasteiger partial charge on any atom is -0.373 e. The molecule has 126 valence electrons. The third-order valence-electron chi connectivity index (χ3n) is 3.92. The van der Waals surface area contributed by atoms with Crippen LogP contribution >= 0.6 is 15.9 Å². The molecule has 3 atom stereocenters. The van der Waals surface area contributed by atoms with Crippen molar-refractivity contribution in [2.75, 3.05) is 19.6 Å². The molecule has 0 aromatic heterocycles. The van der Waals surface area contributed by atoms with Crippen LogP contribution in [0.1, 0.15) is 26.3 Å². The summed E-state index contributed by atoms with van der Waals surface area (Å²) in [5, 5.41) is 2.97. The fourth-order valence-electron chi connectivity index (χ4n) is 2.80. The van der Waals surface area contributed by atoms with E-state index in [2.05, 4.69) is 46.9 Å². The Hall–Kier alpha value is -1.17. The molecule has 1 heterocycles. The van der Waals surface area contributed by atoms with Crippen molar-refractivity contribution >= 4 is 27.9 Å². The Bertz CT molecular complexity index is 552. The Kier molecular flexibility index (Phi) is 6.81. The monoisotopic (exact) mass is 380 g/mol. The van der Waals surface area contributed by atoms with E-state index in [1.807, 2.05) is 30.3 Å². The normalized spacial score (nSPS) is 23.8. The molecule has 1 saturated heterocycles. The van der Waals surface area contributed by atoms with Gasteiger partial charge in [-0.2, -0.15) is 0 Å². The number of benzene rings is 1. The second-order valence-electron chi connectivity index (χ2n) is 6.19. The molecule has 0 bridgehead atoms. The summed E-state index contributed by atoms with van der Waals surface area (Å²) < 4.78 is 6.75. The minimum absolute atomic E-state index is 0.0637. The Labute approximate surface area is 147 Å². The first kappa shape index (κ1) is 18.2. The molecule has 0 unspecified atom stereocenters. The van der Waals surface area contributed by atoms with Crippen LogP contribution in [0.4, 0.5) is 0 Å². The van der Waals surface area contributed by atoms with Crippen molar-refractivity contribution in [3.63, 3.8) is 0 Å². The van der Waals surface area contributed by atoms with Gasteiger partial charge in [0.2, 0.25) is 5.91 Å². The average molecular weight is 381 g/mol. The standard InChI is InChI=1S/C18H25BrN2O2/c1-13(21-11-14(2)23-15(3)12-21)10-20-18(22)8-7-16-5-4-6-17(19)9-16/h4-9,13-15H,10-12H2,1-3H3,(H,20,22)/b8-7+/t13-,14+,15+/m1/s1. The third kappa shape index (κ3) is 6.09. The molecule has 4 nitrogen and oxygen atoms in total. The minimum atomic E-state index is -0.0637. The van der Waals surface area contributed by atoms with E-state index in [9.17, 15) is 4.79 Å². The second-order valence-corrected chi connectivity index (χ2v) is 7.11. The van der Waals surface area contributed by atoms with Gasteiger partial charge in [-0.05, 0) is 44.5 Å². The lowest BCUT2D eigenvalue weighted by Gasteiger charge is -2.38. The topological polar surface area (TPSA) is 41.6 Å². The molecule has 1 aromatic rings. The van der Waals surface area contributed by atoms with E-state index in [0.717, 1.165) is 23.1 Å². The molecule has 1 aliphatic heterocycles. The number of halogens is 1. The van der Waals surface area contributed by atoms with E-state index in [0.29, 0.717) is 12.6 Å². The van der Waals surface area contributed by atoms with Gasteiger partial charge >= 0.3 is 0 Å². The van der Waals surface area contributed by atoms with Crippen LogP contribution < -0.4 is 5.32 Å². The Morgan fingerprint density at radius 3 is 2.78 bits per heavy atom. The fraction of sp³-hybridized carbons (Fsp3) is 0.500. The smallest absolute Gasteiger partial charge is 0.244 e. The van der Waals surface area contributed by atoms with Crippen LogP contribution in [0.3, 0.4) is 0 Å². The molecule has 0 aliphatic carbocycles. The molecule has 1 aliphatic rings. The summed E-state index contributed by atoms with van der Waals surface area (Å²) in [7, 11) is 0. The first-order valence-corrected chi connectivity index (χ1v) is 8.84. The average Bonchev–Trinajstić information content (AvgIpc) is 2.49. The molecule has 1 amide bonds. The van der Waals surface area contributed by atoms with Crippen molar-refractivity contribution in [2.45, 2.75) is 39.0 Å². The second kappa shape index (κ2) is 8.62. The summed E-state index contributed by atoms with van der Waals surface area (Å²) in [5.41, 5.74) is 0.999. The zero-order valence-corrected chi connectivity index (χ0v) is 15.5. The Balaban J connectivity index is 1.79. The van der Waals surface area contributed by atoms with Crippen molar-refractivity contribution in [1.82, 2.24) is 10.2 Å². The Morgan fingerprint density at radius 2 is 2.13 bits per heavy atom. The number of nitrogens with one attached hydrogen (secondary N) is 1. The van der Waals surface area contributed by atoms with Gasteiger partial charge in [0.15, 0.2) is 0 Å². The van der Waals surface area contributed by atoms with Crippen LogP contribution in [0.15, 0.2) is 34.8 Å². The number of nitrogens with zero attached hydrogens (tertiary/aromatic N) is 1. The molecule has 2 rings (SSSR count). The largest absolute Gasteiger partial charge is 0.373 e. The number of amides is 1. The molecular formula is C18H25BrN2O2. The number of rotatable bonds is 5. The lowest BCUT2D eigenvalue weighted by molar-refractivity contribution is -0.117. The van der Waals surface area contributed by atoms with E-state index in [1.165, 1.54) is 0 Å². The summed E-state index contributed by atoms with van der Waals surface area (Å²) >= 11 is 3.42. The molecule has 1 aromatic carbocycles. The maximum Gasteiger partial charge on any atom is 0.244 e. The van der Waals surface area contributed by atoms with Gasteiger partial charge < -0.3 is 10.1 Å². The van der Waals surface area contributed by atoms with Gasteiger partial charge in [-0.3, -0.25) is 9.69 Å². The summed E-state index contributed by atoms with van der Waals surface area (Å²) in [5.74, 6) is -0.0637. The van der Waals surface area contributed by atoms with Gasteiger partial charge in [0.25, 0.3) is 0 Å². The highest BCUT2D eigenvalue weighted by Gasteiger charge is 2.25. The number of hydrogen-bond acceptors (Lipinski definition) is 3. The third-order valence-corrected chi connectivity index (χ3v) is 4.41. The quantitative estimate of drug-likeness (QED) is 0.798. The molecule has 0 spiro atoms. The first-order valence-electron chi connectivity index (χ1n) is 8.05. The Morgan fingerprint density at radius 1 is 1.43 bits per heavy atom. The molecular weight excluding hydrogens is 356 g/mol. The lowest BCUT2D eigenvalue weighted by Crippen LogP contribution is -2.52. The van der Waals surface area contributed by atoms with Gasteiger partial charge in [0.05, 0.1) is 12.2 Å². The number of ether oxygens (including phenoxy) is 1. The molecule has 1 N–H and O–H groups in total. The molecule has 0 saturated carbocycles. The summed E-state index contributed by atoms with van der Waals surface area (Å²) in [6.07, 6.45) is 3.89. The maximum absolute atomic E-state index is 12.0. The number of hydrogen-bond donors (Lipinski definition) is 1. The lowest BCUT2D eigenvalue weighted by atomic mass is 10.1. The first-order chi connectivity index (χ1) is 10.9. The molecule has 1 fully saturated rings. The van der Waals surface area contributed by atoms with Crippen LogP contribution in [0.5, 0.6) is 0 Å². The van der Waals surface area contributed by atoms with Gasteiger partial charge in [0.1, 0.15) is 0 Å². The highest BCUT2D eigenvalue weighted by atomic mass is 79.9. The zero-order chi connectivity index (χ0) is 16.8. The summed E-state index contributed by atoms with van der Waals surface area (Å²) in [4.78, 5) is 14.3. The van der Waals surface area contributed by atoms with E-state index >= 15 is 0 Å². The summed E-state index contributed by atoms with van der Waals surface area (Å²) in [6.45, 7) is 8.79. The number of carbonyl (C=O) groups is 1.